The zero-order valence-electron chi connectivity index (χ0n) is 16.4. The summed E-state index contributed by atoms with van der Waals surface area (Å²) in [6, 6.07) is 0. The molecule has 0 aliphatic carbocycles. The first-order valence-electron chi connectivity index (χ1n) is 10.2. The Balaban J connectivity index is 3.16. The predicted octanol–water partition coefficient (Wildman–Crippen LogP) is 7.08. The Morgan fingerprint density at radius 2 is 1.32 bits per heavy atom. The maximum atomic E-state index is 7.34. The van der Waals surface area contributed by atoms with E-state index in [9.17, 15) is 0 Å². The standard InChI is InChI=1S/C19H42Ge2O/c1-7-13-16-20(17-14-8-2)18-15-19(9-3,10-4)22-21(20,11-5)12-6/h7-18H2,1-6H3. The average Bonchev–Trinajstić information content (AvgIpc) is 2.58. The van der Waals surface area contributed by atoms with Crippen LogP contribution in [0.25, 0.3) is 0 Å². The Bertz CT molecular complexity index is 301. The fourth-order valence-corrected chi connectivity index (χ4v) is 64.8. The van der Waals surface area contributed by atoms with Crippen LogP contribution in [0.5, 0.6) is 0 Å². The molecule has 0 amide bonds. The van der Waals surface area contributed by atoms with E-state index < -0.39 is 22.9 Å². The van der Waals surface area contributed by atoms with E-state index in [1.165, 1.54) is 55.5 Å². The van der Waals surface area contributed by atoms with Gasteiger partial charge in [0.15, 0.2) is 0 Å². The van der Waals surface area contributed by atoms with Crippen LogP contribution in [0.1, 0.15) is 86.5 Å². The van der Waals surface area contributed by atoms with Crippen LogP contribution in [0.2, 0.25) is 26.3 Å². The molecule has 1 aliphatic rings. The summed E-state index contributed by atoms with van der Waals surface area (Å²) < 4.78 is 7.34. The molecule has 22 heavy (non-hydrogen) atoms. The van der Waals surface area contributed by atoms with Gasteiger partial charge < -0.3 is 0 Å². The minimum atomic E-state index is -2.10. The van der Waals surface area contributed by atoms with Crippen LogP contribution in [-0.4, -0.2) is 28.5 Å². The zero-order chi connectivity index (χ0) is 16.7. The van der Waals surface area contributed by atoms with Crippen LogP contribution < -0.4 is 0 Å². The Hall–Kier alpha value is 1.05. The predicted molar refractivity (Wildman–Crippen MR) is 106 cm³/mol. The average molecular weight is 432 g/mol. The molecular weight excluding hydrogens is 389 g/mol. The van der Waals surface area contributed by atoms with Crippen molar-refractivity contribution in [2.75, 3.05) is 0 Å². The molecule has 0 aromatic carbocycles. The molecule has 0 spiro atoms. The fraction of sp³-hybridized carbons (Fsp3) is 1.00. The second kappa shape index (κ2) is 9.51. The summed E-state index contributed by atoms with van der Waals surface area (Å²) in [5.41, 5.74) is 0.277. The van der Waals surface area contributed by atoms with Crippen LogP contribution >= 0.6 is 0 Å². The van der Waals surface area contributed by atoms with Gasteiger partial charge in [-0.1, -0.05) is 0 Å². The van der Waals surface area contributed by atoms with Crippen molar-refractivity contribution in [3.63, 3.8) is 0 Å². The molecule has 0 N–H and O–H groups in total. The van der Waals surface area contributed by atoms with E-state index in [0.717, 1.165) is 0 Å². The first-order chi connectivity index (χ1) is 10.5. The van der Waals surface area contributed by atoms with Gasteiger partial charge in [-0.15, -0.1) is 0 Å². The number of hydrogen-bond acceptors (Lipinski definition) is 1. The number of unbranched alkanes of at least 4 members (excludes halogenated alkanes) is 2. The van der Waals surface area contributed by atoms with Gasteiger partial charge in [-0.3, -0.25) is 0 Å². The van der Waals surface area contributed by atoms with Gasteiger partial charge in [0.25, 0.3) is 0 Å². The molecule has 1 nitrogen and oxygen atoms in total. The molecule has 0 unspecified atom stereocenters. The van der Waals surface area contributed by atoms with Crippen LogP contribution in [-0.2, 0) is 3.76 Å². The fourth-order valence-electron chi connectivity index (χ4n) is 5.02. The molecule has 0 atom stereocenters. The van der Waals surface area contributed by atoms with Gasteiger partial charge in [-0.2, -0.15) is 0 Å². The molecule has 132 valence electrons. The SMILES string of the molecule is CCC[CH2][Ge]1([CH2]CCC)[CH2]CC(CC)(CC)[O][Ge]1([CH2]C)[CH2]C. The van der Waals surface area contributed by atoms with E-state index in [1.54, 1.807) is 15.8 Å². The molecule has 1 heterocycles. The molecule has 0 radical (unpaired) electrons. The van der Waals surface area contributed by atoms with E-state index in [0.29, 0.717) is 0 Å². The van der Waals surface area contributed by atoms with Gasteiger partial charge in [0.1, 0.15) is 0 Å². The summed E-state index contributed by atoms with van der Waals surface area (Å²) in [6.07, 6.45) is 9.65. The Morgan fingerprint density at radius 3 is 1.68 bits per heavy atom. The molecule has 1 fully saturated rings. The number of hydrogen-bond donors (Lipinski definition) is 0. The Morgan fingerprint density at radius 1 is 0.818 bits per heavy atom. The second-order valence-corrected chi connectivity index (χ2v) is 45.3. The van der Waals surface area contributed by atoms with Crippen LogP contribution in [0.15, 0.2) is 0 Å². The van der Waals surface area contributed by atoms with Crippen molar-refractivity contribution >= 4 is 22.9 Å². The van der Waals surface area contributed by atoms with Gasteiger partial charge in [0.05, 0.1) is 0 Å². The van der Waals surface area contributed by atoms with Gasteiger partial charge >= 0.3 is 145 Å². The van der Waals surface area contributed by atoms with E-state index >= 15 is 0 Å². The summed E-state index contributed by atoms with van der Waals surface area (Å²) >= 11 is -3.88. The summed E-state index contributed by atoms with van der Waals surface area (Å²) in [5.74, 6) is 0. The van der Waals surface area contributed by atoms with E-state index in [4.69, 9.17) is 3.76 Å². The molecule has 0 bridgehead atoms. The zero-order valence-corrected chi connectivity index (χ0v) is 20.6. The van der Waals surface area contributed by atoms with E-state index in [2.05, 4.69) is 41.5 Å². The van der Waals surface area contributed by atoms with Crippen molar-refractivity contribution in [3.05, 3.63) is 0 Å². The van der Waals surface area contributed by atoms with E-state index in [1.807, 2.05) is 0 Å². The maximum absolute atomic E-state index is 7.34. The molecule has 3 heteroatoms. The van der Waals surface area contributed by atoms with Gasteiger partial charge in [-0.25, -0.2) is 0 Å². The van der Waals surface area contributed by atoms with Crippen LogP contribution in [0.4, 0.5) is 0 Å². The first-order valence-corrected chi connectivity index (χ1v) is 25.0. The Labute approximate surface area is 144 Å². The summed E-state index contributed by atoms with van der Waals surface area (Å²) in [7, 11) is 0. The van der Waals surface area contributed by atoms with Gasteiger partial charge in [0.2, 0.25) is 0 Å². The molecule has 0 saturated carbocycles. The molecule has 0 aromatic rings. The third-order valence-corrected chi connectivity index (χ3v) is 63.6. The first kappa shape index (κ1) is 21.1. The third kappa shape index (κ3) is 4.17. The van der Waals surface area contributed by atoms with Crippen molar-refractivity contribution in [2.24, 2.45) is 0 Å². The van der Waals surface area contributed by atoms with E-state index in [-0.39, 0.29) is 5.60 Å². The summed E-state index contributed by atoms with van der Waals surface area (Å²) in [5, 5.41) is 7.84. The van der Waals surface area contributed by atoms with Crippen molar-refractivity contribution in [1.29, 1.82) is 0 Å². The van der Waals surface area contributed by atoms with Gasteiger partial charge in [-0.05, 0) is 0 Å². The van der Waals surface area contributed by atoms with Gasteiger partial charge in [0, 0.05) is 0 Å². The van der Waals surface area contributed by atoms with Crippen molar-refractivity contribution < 1.29 is 3.76 Å². The Kier molecular flexibility index (Phi) is 9.11. The van der Waals surface area contributed by atoms with Crippen molar-refractivity contribution in [3.8, 4) is 0 Å². The third-order valence-electron chi connectivity index (χ3n) is 6.89. The monoisotopic (exact) mass is 434 g/mol. The topological polar surface area (TPSA) is 9.23 Å². The molecule has 1 rings (SSSR count). The molecule has 1 saturated heterocycles. The molecule has 0 aromatic heterocycles. The molecular formula is C19H42Ge2O. The van der Waals surface area contributed by atoms with Crippen LogP contribution in [0, 0.1) is 0 Å². The number of rotatable bonds is 10. The van der Waals surface area contributed by atoms with Crippen molar-refractivity contribution in [2.45, 2.75) is 118 Å². The minimum absolute atomic E-state index is 0.277. The summed E-state index contributed by atoms with van der Waals surface area (Å²) in [6.45, 7) is 14.5. The second-order valence-electron chi connectivity index (χ2n) is 7.68. The van der Waals surface area contributed by atoms with Crippen LogP contribution in [0.3, 0.4) is 0 Å². The molecule has 1 aliphatic heterocycles. The quantitative estimate of drug-likeness (QED) is 0.336. The normalized spacial score (nSPS) is 22.6. The van der Waals surface area contributed by atoms with Crippen molar-refractivity contribution in [1.82, 2.24) is 0 Å². The summed E-state index contributed by atoms with van der Waals surface area (Å²) in [4.78, 5) is 0.